The number of hydrogen-bond donors (Lipinski definition) is 2. The number of nitrogens with one attached hydrogen (secondary N) is 2. The lowest BCUT2D eigenvalue weighted by Gasteiger charge is -2.19. The van der Waals surface area contributed by atoms with Gasteiger partial charge in [0, 0.05) is 19.6 Å². The number of fused-ring (bicyclic) bond motifs is 1. The Labute approximate surface area is 148 Å². The zero-order chi connectivity index (χ0) is 17.7. The van der Waals surface area contributed by atoms with Crippen molar-refractivity contribution in [2.24, 2.45) is 0 Å². The van der Waals surface area contributed by atoms with E-state index in [1.54, 1.807) is 24.3 Å². The predicted molar refractivity (Wildman–Crippen MR) is 95.5 cm³/mol. The van der Waals surface area contributed by atoms with E-state index in [9.17, 15) is 8.42 Å². The van der Waals surface area contributed by atoms with Gasteiger partial charge < -0.3 is 14.8 Å². The highest BCUT2D eigenvalue weighted by Crippen LogP contribution is 2.30. The average molecular weight is 362 g/mol. The van der Waals surface area contributed by atoms with Crippen molar-refractivity contribution < 1.29 is 17.9 Å². The molecule has 0 saturated carbocycles. The Morgan fingerprint density at radius 2 is 1.68 bits per heavy atom. The van der Waals surface area contributed by atoms with Gasteiger partial charge >= 0.3 is 0 Å². The zero-order valence-corrected chi connectivity index (χ0v) is 14.9. The molecule has 0 unspecified atom stereocenters. The van der Waals surface area contributed by atoms with Gasteiger partial charge in [-0.15, -0.1) is 0 Å². The molecule has 2 N–H and O–H groups in total. The van der Waals surface area contributed by atoms with Crippen molar-refractivity contribution in [3.8, 4) is 11.5 Å². The van der Waals surface area contributed by atoms with Crippen LogP contribution in [0.15, 0.2) is 47.4 Å². The van der Waals surface area contributed by atoms with Gasteiger partial charge in [-0.05, 0) is 36.8 Å². The smallest absolute Gasteiger partial charge is 0.240 e. The maximum Gasteiger partial charge on any atom is 0.240 e. The minimum absolute atomic E-state index is 0.282. The second-order valence-corrected chi connectivity index (χ2v) is 7.63. The van der Waals surface area contributed by atoms with E-state index >= 15 is 0 Å². The van der Waals surface area contributed by atoms with Crippen LogP contribution in [0.4, 0.5) is 0 Å². The summed E-state index contributed by atoms with van der Waals surface area (Å²) in [5, 5.41) is 3.22. The van der Waals surface area contributed by atoms with E-state index in [1.165, 1.54) is 0 Å². The van der Waals surface area contributed by atoms with E-state index in [0.29, 0.717) is 32.8 Å². The first-order valence-corrected chi connectivity index (χ1v) is 9.68. The molecule has 6 nitrogen and oxygen atoms in total. The Balaban J connectivity index is 1.45. The van der Waals surface area contributed by atoms with Crippen LogP contribution in [0, 0.1) is 6.92 Å². The highest BCUT2D eigenvalue weighted by molar-refractivity contribution is 7.89. The second kappa shape index (κ2) is 7.86. The van der Waals surface area contributed by atoms with Crippen molar-refractivity contribution in [2.75, 3.05) is 26.3 Å². The first-order chi connectivity index (χ1) is 12.0. The number of rotatable bonds is 7. The standard InChI is InChI=1S/C18H22N2O4S/c1-14-2-5-16(6-3-14)25(21,22)20-9-8-19-13-15-4-7-17-18(12-15)24-11-10-23-17/h2-7,12,19-20H,8-11,13H2,1H3. The van der Waals surface area contributed by atoms with Gasteiger partial charge in [0.1, 0.15) is 13.2 Å². The summed E-state index contributed by atoms with van der Waals surface area (Å²) < 4.78 is 38.0. The van der Waals surface area contributed by atoms with Gasteiger partial charge in [0.25, 0.3) is 0 Å². The van der Waals surface area contributed by atoms with Crippen molar-refractivity contribution in [3.05, 3.63) is 53.6 Å². The lowest BCUT2D eigenvalue weighted by atomic mass is 10.2. The van der Waals surface area contributed by atoms with Gasteiger partial charge in [-0.1, -0.05) is 23.8 Å². The molecule has 0 atom stereocenters. The van der Waals surface area contributed by atoms with Crippen LogP contribution in [0.25, 0.3) is 0 Å². The molecule has 0 fully saturated rings. The number of sulfonamides is 1. The van der Waals surface area contributed by atoms with Gasteiger partial charge in [-0.2, -0.15) is 0 Å². The number of hydrogen-bond acceptors (Lipinski definition) is 5. The fourth-order valence-electron chi connectivity index (χ4n) is 2.50. The van der Waals surface area contributed by atoms with Crippen molar-refractivity contribution >= 4 is 10.0 Å². The van der Waals surface area contributed by atoms with Gasteiger partial charge in [-0.3, -0.25) is 0 Å². The van der Waals surface area contributed by atoms with E-state index in [-0.39, 0.29) is 4.90 Å². The minimum atomic E-state index is -3.46. The van der Waals surface area contributed by atoms with Crippen molar-refractivity contribution in [1.82, 2.24) is 10.0 Å². The van der Waals surface area contributed by atoms with E-state index in [1.807, 2.05) is 25.1 Å². The fraction of sp³-hybridized carbons (Fsp3) is 0.333. The molecule has 7 heteroatoms. The maximum absolute atomic E-state index is 12.2. The van der Waals surface area contributed by atoms with E-state index in [0.717, 1.165) is 22.6 Å². The van der Waals surface area contributed by atoms with Gasteiger partial charge in [0.2, 0.25) is 10.0 Å². The third-order valence-corrected chi connectivity index (χ3v) is 5.34. The van der Waals surface area contributed by atoms with Crippen molar-refractivity contribution in [1.29, 1.82) is 0 Å². The summed E-state index contributed by atoms with van der Waals surface area (Å²) in [6.45, 7) is 4.53. The topological polar surface area (TPSA) is 76.7 Å². The molecular formula is C18H22N2O4S. The molecule has 2 aromatic rings. The van der Waals surface area contributed by atoms with Gasteiger partial charge in [0.05, 0.1) is 4.90 Å². The highest BCUT2D eigenvalue weighted by atomic mass is 32.2. The third kappa shape index (κ3) is 4.72. The second-order valence-electron chi connectivity index (χ2n) is 5.87. The van der Waals surface area contributed by atoms with Crippen LogP contribution in [-0.2, 0) is 16.6 Å². The predicted octanol–water partition coefficient (Wildman–Crippen LogP) is 1.83. The summed E-state index contributed by atoms with van der Waals surface area (Å²) in [6, 6.07) is 12.6. The Hall–Kier alpha value is -2.09. The molecular weight excluding hydrogens is 340 g/mol. The molecule has 0 aromatic heterocycles. The van der Waals surface area contributed by atoms with Gasteiger partial charge in [0.15, 0.2) is 11.5 Å². The first kappa shape index (κ1) is 17.7. The van der Waals surface area contributed by atoms with Crippen LogP contribution in [-0.4, -0.2) is 34.7 Å². The number of aryl methyl sites for hydroxylation is 1. The summed E-state index contributed by atoms with van der Waals surface area (Å²) in [6.07, 6.45) is 0. The molecule has 0 saturated heterocycles. The minimum Gasteiger partial charge on any atom is -0.486 e. The monoisotopic (exact) mass is 362 g/mol. The Morgan fingerprint density at radius 3 is 2.44 bits per heavy atom. The van der Waals surface area contributed by atoms with E-state index < -0.39 is 10.0 Å². The fourth-order valence-corrected chi connectivity index (χ4v) is 3.54. The van der Waals surface area contributed by atoms with Crippen LogP contribution in [0.1, 0.15) is 11.1 Å². The molecule has 0 radical (unpaired) electrons. The van der Waals surface area contributed by atoms with Gasteiger partial charge in [-0.25, -0.2) is 13.1 Å². The maximum atomic E-state index is 12.2. The quantitative estimate of drug-likeness (QED) is 0.735. The zero-order valence-electron chi connectivity index (χ0n) is 14.1. The lowest BCUT2D eigenvalue weighted by molar-refractivity contribution is 0.171. The highest BCUT2D eigenvalue weighted by Gasteiger charge is 2.13. The molecule has 134 valence electrons. The Morgan fingerprint density at radius 1 is 0.960 bits per heavy atom. The number of ether oxygens (including phenoxy) is 2. The molecule has 1 aliphatic heterocycles. The Bertz CT molecular complexity index is 819. The summed E-state index contributed by atoms with van der Waals surface area (Å²) in [4.78, 5) is 0.282. The van der Waals surface area contributed by atoms with Crippen molar-refractivity contribution in [2.45, 2.75) is 18.4 Å². The molecule has 0 amide bonds. The van der Waals surface area contributed by atoms with E-state index in [4.69, 9.17) is 9.47 Å². The normalized spacial score (nSPS) is 13.6. The molecule has 2 aromatic carbocycles. The summed E-state index contributed by atoms with van der Waals surface area (Å²) in [7, 11) is -3.46. The molecule has 0 aliphatic carbocycles. The molecule has 0 bridgehead atoms. The van der Waals surface area contributed by atoms with Crippen LogP contribution in [0.2, 0.25) is 0 Å². The third-order valence-electron chi connectivity index (χ3n) is 3.86. The summed E-state index contributed by atoms with van der Waals surface area (Å²) in [5.41, 5.74) is 2.09. The average Bonchev–Trinajstić information content (AvgIpc) is 2.61. The van der Waals surface area contributed by atoms with Crippen LogP contribution < -0.4 is 19.5 Å². The summed E-state index contributed by atoms with van der Waals surface area (Å²) >= 11 is 0. The van der Waals surface area contributed by atoms with Crippen LogP contribution in [0.3, 0.4) is 0 Å². The lowest BCUT2D eigenvalue weighted by Crippen LogP contribution is -2.31. The van der Waals surface area contributed by atoms with Crippen LogP contribution >= 0.6 is 0 Å². The van der Waals surface area contributed by atoms with Crippen LogP contribution in [0.5, 0.6) is 11.5 Å². The first-order valence-electron chi connectivity index (χ1n) is 8.20. The molecule has 1 aliphatic rings. The summed E-state index contributed by atoms with van der Waals surface area (Å²) in [5.74, 6) is 1.52. The molecule has 1 heterocycles. The molecule has 3 rings (SSSR count). The Kier molecular flexibility index (Phi) is 5.57. The SMILES string of the molecule is Cc1ccc(S(=O)(=O)NCCNCc2ccc3c(c2)OCCO3)cc1. The number of benzene rings is 2. The molecule has 25 heavy (non-hydrogen) atoms. The van der Waals surface area contributed by atoms with E-state index in [2.05, 4.69) is 10.0 Å². The largest absolute Gasteiger partial charge is 0.486 e. The van der Waals surface area contributed by atoms with Crippen molar-refractivity contribution in [3.63, 3.8) is 0 Å². The molecule has 0 spiro atoms.